The third kappa shape index (κ3) is 3.98. The number of aromatic nitrogens is 1. The van der Waals surface area contributed by atoms with Crippen molar-refractivity contribution in [1.29, 1.82) is 0 Å². The van der Waals surface area contributed by atoms with Crippen LogP contribution in [0.5, 0.6) is 0 Å². The molecule has 0 aliphatic carbocycles. The minimum atomic E-state index is -0.132. The molecule has 1 aliphatic rings. The van der Waals surface area contributed by atoms with Crippen LogP contribution >= 0.6 is 11.3 Å². The molecule has 30 heavy (non-hydrogen) atoms. The molecule has 0 spiro atoms. The highest BCUT2D eigenvalue weighted by Crippen LogP contribution is 2.27. The van der Waals surface area contributed by atoms with E-state index >= 15 is 0 Å². The number of para-hydroxylation sites is 1. The molecule has 0 bridgehead atoms. The molecular weight excluding hydrogens is 396 g/mol. The summed E-state index contributed by atoms with van der Waals surface area (Å²) in [4.78, 5) is 30.8. The lowest BCUT2D eigenvalue weighted by Crippen LogP contribution is -2.56. The van der Waals surface area contributed by atoms with Crippen molar-refractivity contribution in [3.8, 4) is 0 Å². The number of anilines is 1. The highest BCUT2D eigenvalue weighted by molar-refractivity contribution is 7.16. The Hall–Kier alpha value is -3.06. The van der Waals surface area contributed by atoms with Crippen LogP contribution in [0.1, 0.15) is 24.3 Å². The fourth-order valence-electron chi connectivity index (χ4n) is 3.90. The second kappa shape index (κ2) is 8.36. The fourth-order valence-corrected chi connectivity index (χ4v) is 4.80. The molecule has 0 unspecified atom stereocenters. The molecule has 1 aromatic carbocycles. The van der Waals surface area contributed by atoms with E-state index in [9.17, 15) is 9.59 Å². The summed E-state index contributed by atoms with van der Waals surface area (Å²) in [5.41, 5.74) is 2.46. The molecule has 0 saturated carbocycles. The fraction of sp³-hybridized carbons (Fsp3) is 0.304. The van der Waals surface area contributed by atoms with Crippen LogP contribution in [0.4, 0.5) is 10.5 Å². The first-order valence-corrected chi connectivity index (χ1v) is 10.9. The van der Waals surface area contributed by atoms with Crippen molar-refractivity contribution >= 4 is 39.2 Å². The molecule has 1 saturated heterocycles. The lowest BCUT2D eigenvalue weighted by atomic mass is 10.2. The van der Waals surface area contributed by atoms with Crippen molar-refractivity contribution in [1.82, 2.24) is 14.4 Å². The van der Waals surface area contributed by atoms with Crippen LogP contribution in [0.3, 0.4) is 0 Å². The summed E-state index contributed by atoms with van der Waals surface area (Å²) in [7, 11) is 0. The van der Waals surface area contributed by atoms with Crippen LogP contribution < -0.4 is 5.32 Å². The molecule has 0 radical (unpaired) electrons. The predicted octanol–water partition coefficient (Wildman–Crippen LogP) is 4.66. The molecule has 3 amide bonds. The Balaban J connectivity index is 1.47. The van der Waals surface area contributed by atoms with E-state index in [0.29, 0.717) is 31.9 Å². The Labute approximate surface area is 180 Å². The maximum absolute atomic E-state index is 13.3. The van der Waals surface area contributed by atoms with Gasteiger partial charge in [-0.25, -0.2) is 4.79 Å². The standard InChI is InChI=1S/C23H26N4O2S/c1-16(2)14-27-20(13-18-9-12-30-22(18)27)21(28)25-10-11-26(17(3)15-25)23(29)24-19-7-5-4-6-8-19/h4-9,12-13,17H,1,10-11,14-15H2,2-3H3,(H,24,29)/t17-/m1/s1. The van der Waals surface area contributed by atoms with Gasteiger partial charge in [0.2, 0.25) is 0 Å². The highest BCUT2D eigenvalue weighted by atomic mass is 32.1. The monoisotopic (exact) mass is 422 g/mol. The number of fused-ring (bicyclic) bond motifs is 1. The lowest BCUT2D eigenvalue weighted by molar-refractivity contribution is 0.0583. The number of hydrogen-bond donors (Lipinski definition) is 1. The van der Waals surface area contributed by atoms with E-state index in [2.05, 4.69) is 16.5 Å². The van der Waals surface area contributed by atoms with Gasteiger partial charge in [0.15, 0.2) is 0 Å². The van der Waals surface area contributed by atoms with E-state index in [-0.39, 0.29) is 18.0 Å². The van der Waals surface area contributed by atoms with E-state index in [1.807, 2.05) is 66.6 Å². The van der Waals surface area contributed by atoms with Crippen LogP contribution in [0.15, 0.2) is 60.0 Å². The number of urea groups is 1. The van der Waals surface area contributed by atoms with E-state index in [0.717, 1.165) is 21.5 Å². The molecular formula is C23H26N4O2S. The Morgan fingerprint density at radius 1 is 1.20 bits per heavy atom. The maximum Gasteiger partial charge on any atom is 0.322 e. The number of carbonyl (C=O) groups excluding carboxylic acids is 2. The Morgan fingerprint density at radius 3 is 2.67 bits per heavy atom. The van der Waals surface area contributed by atoms with Gasteiger partial charge in [-0.15, -0.1) is 11.3 Å². The number of carbonyl (C=O) groups is 2. The molecule has 7 heteroatoms. The van der Waals surface area contributed by atoms with E-state index in [4.69, 9.17) is 0 Å². The average molecular weight is 423 g/mol. The van der Waals surface area contributed by atoms with Crippen LogP contribution in [-0.2, 0) is 6.54 Å². The molecule has 2 aromatic heterocycles. The first-order chi connectivity index (χ1) is 14.4. The molecule has 4 rings (SSSR count). The molecule has 1 fully saturated rings. The first kappa shape index (κ1) is 20.2. The number of piperazine rings is 1. The third-order valence-corrected chi connectivity index (χ3v) is 6.30. The predicted molar refractivity (Wildman–Crippen MR) is 122 cm³/mol. The Morgan fingerprint density at radius 2 is 1.97 bits per heavy atom. The number of allylic oxidation sites excluding steroid dienone is 1. The highest BCUT2D eigenvalue weighted by Gasteiger charge is 2.31. The van der Waals surface area contributed by atoms with Gasteiger partial charge >= 0.3 is 6.03 Å². The van der Waals surface area contributed by atoms with Crippen molar-refractivity contribution in [2.75, 3.05) is 25.0 Å². The van der Waals surface area contributed by atoms with Crippen LogP contribution in [0, 0.1) is 0 Å². The van der Waals surface area contributed by atoms with Gasteiger partial charge in [-0.1, -0.05) is 30.4 Å². The van der Waals surface area contributed by atoms with Gasteiger partial charge < -0.3 is 19.7 Å². The molecule has 156 valence electrons. The normalized spacial score (nSPS) is 16.7. The van der Waals surface area contributed by atoms with Crippen molar-refractivity contribution in [2.45, 2.75) is 26.4 Å². The van der Waals surface area contributed by atoms with E-state index < -0.39 is 0 Å². The summed E-state index contributed by atoms with van der Waals surface area (Å²) in [5.74, 6) is 0.00891. The quantitative estimate of drug-likeness (QED) is 0.622. The van der Waals surface area contributed by atoms with Gasteiger partial charge in [0, 0.05) is 43.3 Å². The molecule has 3 aromatic rings. The summed E-state index contributed by atoms with van der Waals surface area (Å²) in [6.45, 7) is 10.1. The smallest absolute Gasteiger partial charge is 0.322 e. The number of benzene rings is 1. The summed E-state index contributed by atoms with van der Waals surface area (Å²) in [6.07, 6.45) is 0. The van der Waals surface area contributed by atoms with Gasteiger partial charge in [-0.3, -0.25) is 4.79 Å². The number of amides is 3. The molecule has 1 atom stereocenters. The number of nitrogens with one attached hydrogen (secondary N) is 1. The molecule has 1 N–H and O–H groups in total. The lowest BCUT2D eigenvalue weighted by Gasteiger charge is -2.39. The minimum Gasteiger partial charge on any atom is -0.334 e. The van der Waals surface area contributed by atoms with Gasteiger partial charge in [0.05, 0.1) is 0 Å². The summed E-state index contributed by atoms with van der Waals surface area (Å²) < 4.78 is 2.06. The SMILES string of the molecule is C=C(C)Cn1c(C(=O)N2CCN(C(=O)Nc3ccccc3)[C@H](C)C2)cc2ccsc21. The molecule has 6 nitrogen and oxygen atoms in total. The van der Waals surface area contributed by atoms with Crippen molar-refractivity contribution in [3.05, 3.63) is 65.7 Å². The van der Waals surface area contributed by atoms with Gasteiger partial charge in [0.1, 0.15) is 10.5 Å². The van der Waals surface area contributed by atoms with Crippen LogP contribution in [0.25, 0.3) is 10.2 Å². The van der Waals surface area contributed by atoms with Crippen molar-refractivity contribution < 1.29 is 9.59 Å². The summed E-state index contributed by atoms with van der Waals surface area (Å²) in [6, 6.07) is 13.2. The minimum absolute atomic E-state index is 0.00891. The number of nitrogens with zero attached hydrogens (tertiary/aromatic N) is 3. The third-order valence-electron chi connectivity index (χ3n) is 5.35. The zero-order valence-electron chi connectivity index (χ0n) is 17.3. The first-order valence-electron chi connectivity index (χ1n) is 10.1. The number of thiophene rings is 1. The summed E-state index contributed by atoms with van der Waals surface area (Å²) >= 11 is 1.64. The second-order valence-electron chi connectivity index (χ2n) is 7.84. The van der Waals surface area contributed by atoms with Gasteiger partial charge in [-0.05, 0) is 43.5 Å². The van der Waals surface area contributed by atoms with Crippen LogP contribution in [0.2, 0.25) is 0 Å². The van der Waals surface area contributed by atoms with Gasteiger partial charge in [-0.2, -0.15) is 0 Å². The second-order valence-corrected chi connectivity index (χ2v) is 8.74. The largest absolute Gasteiger partial charge is 0.334 e. The van der Waals surface area contributed by atoms with E-state index in [1.165, 1.54) is 0 Å². The zero-order chi connectivity index (χ0) is 21.3. The molecule has 3 heterocycles. The van der Waals surface area contributed by atoms with Crippen molar-refractivity contribution in [2.24, 2.45) is 0 Å². The zero-order valence-corrected chi connectivity index (χ0v) is 18.1. The van der Waals surface area contributed by atoms with E-state index in [1.54, 1.807) is 16.2 Å². The number of hydrogen-bond acceptors (Lipinski definition) is 3. The average Bonchev–Trinajstić information content (AvgIpc) is 3.30. The number of rotatable bonds is 4. The van der Waals surface area contributed by atoms with Crippen molar-refractivity contribution in [3.63, 3.8) is 0 Å². The molecule has 1 aliphatic heterocycles. The maximum atomic E-state index is 13.3. The van der Waals surface area contributed by atoms with Crippen LogP contribution in [-0.4, -0.2) is 52.0 Å². The summed E-state index contributed by atoms with van der Waals surface area (Å²) in [5, 5.41) is 6.06. The Kier molecular flexibility index (Phi) is 5.63. The van der Waals surface area contributed by atoms with Gasteiger partial charge in [0.25, 0.3) is 5.91 Å². The Bertz CT molecular complexity index is 1090. The topological polar surface area (TPSA) is 57.6 Å².